The first-order valence-electron chi connectivity index (χ1n) is 9.08. The van der Waals surface area contributed by atoms with Crippen LogP contribution < -0.4 is 0 Å². The fourth-order valence-electron chi connectivity index (χ4n) is 3.42. The Kier molecular flexibility index (Phi) is 4.97. The molecule has 0 saturated carbocycles. The summed E-state index contributed by atoms with van der Waals surface area (Å²) >= 11 is 0. The number of carbonyl (C=O) groups is 1. The Morgan fingerprint density at radius 3 is 2.28 bits per heavy atom. The van der Waals surface area contributed by atoms with Crippen molar-refractivity contribution in [3.05, 3.63) is 66.4 Å². The quantitative estimate of drug-likeness (QED) is 0.644. The van der Waals surface area contributed by atoms with Gasteiger partial charge < -0.3 is 9.47 Å². The van der Waals surface area contributed by atoms with Gasteiger partial charge in [0.25, 0.3) is 5.91 Å². The SMILES string of the molecule is Cn1ncc(C(=O)N2CCN(S(=O)(=O)c3ccc(F)cc3)CC2)c1-n1cccc1. The first-order chi connectivity index (χ1) is 13.9. The van der Waals surface area contributed by atoms with Gasteiger partial charge in [0.2, 0.25) is 10.0 Å². The van der Waals surface area contributed by atoms with Crippen LogP contribution in [-0.2, 0) is 17.1 Å². The number of hydrogen-bond acceptors (Lipinski definition) is 4. The number of carbonyl (C=O) groups excluding carboxylic acids is 1. The lowest BCUT2D eigenvalue weighted by molar-refractivity contribution is 0.0698. The summed E-state index contributed by atoms with van der Waals surface area (Å²) in [7, 11) is -1.96. The molecule has 1 saturated heterocycles. The smallest absolute Gasteiger partial charge is 0.259 e. The van der Waals surface area contributed by atoms with Crippen LogP contribution in [0.15, 0.2) is 59.9 Å². The minimum absolute atomic E-state index is 0.0424. The molecule has 0 N–H and O–H groups in total. The highest BCUT2D eigenvalue weighted by molar-refractivity contribution is 7.89. The van der Waals surface area contributed by atoms with E-state index in [1.807, 2.05) is 29.1 Å². The van der Waals surface area contributed by atoms with Crippen LogP contribution in [-0.4, -0.2) is 64.1 Å². The largest absolute Gasteiger partial charge is 0.336 e. The molecule has 10 heteroatoms. The van der Waals surface area contributed by atoms with E-state index in [0.29, 0.717) is 11.4 Å². The van der Waals surface area contributed by atoms with Crippen LogP contribution in [0.2, 0.25) is 0 Å². The molecule has 29 heavy (non-hydrogen) atoms. The van der Waals surface area contributed by atoms with Gasteiger partial charge in [0.05, 0.1) is 11.1 Å². The second-order valence-electron chi connectivity index (χ2n) is 6.75. The van der Waals surface area contributed by atoms with Crippen molar-refractivity contribution in [2.24, 2.45) is 7.05 Å². The molecule has 1 aliphatic heterocycles. The Hall–Kier alpha value is -2.98. The van der Waals surface area contributed by atoms with Gasteiger partial charge in [-0.15, -0.1) is 0 Å². The molecule has 0 radical (unpaired) electrons. The third kappa shape index (κ3) is 3.56. The number of amides is 1. The number of hydrogen-bond donors (Lipinski definition) is 0. The number of aryl methyl sites for hydroxylation is 1. The molecule has 2 aromatic heterocycles. The molecule has 1 amide bonds. The standard InChI is InChI=1S/C19H20FN5O3S/c1-22-18(23-8-2-3-9-23)17(14-21-22)19(26)24-10-12-25(13-11-24)29(27,28)16-6-4-15(20)5-7-16/h2-9,14H,10-13H2,1H3. The predicted octanol–water partition coefficient (Wildman–Crippen LogP) is 1.50. The molecule has 1 fully saturated rings. The Balaban J connectivity index is 1.49. The molecule has 0 atom stereocenters. The van der Waals surface area contributed by atoms with Crippen molar-refractivity contribution in [2.45, 2.75) is 4.90 Å². The lowest BCUT2D eigenvalue weighted by atomic mass is 10.2. The average Bonchev–Trinajstić information content (AvgIpc) is 3.37. The molecule has 0 unspecified atom stereocenters. The van der Waals surface area contributed by atoms with E-state index in [2.05, 4.69) is 5.10 Å². The van der Waals surface area contributed by atoms with E-state index in [1.165, 1.54) is 22.6 Å². The molecule has 0 aliphatic carbocycles. The van der Waals surface area contributed by atoms with Crippen LogP contribution in [0.25, 0.3) is 5.82 Å². The molecule has 3 aromatic rings. The molecule has 0 bridgehead atoms. The molecular weight excluding hydrogens is 397 g/mol. The summed E-state index contributed by atoms with van der Waals surface area (Å²) in [4.78, 5) is 14.7. The van der Waals surface area contributed by atoms with E-state index in [-0.39, 0.29) is 37.0 Å². The zero-order valence-electron chi connectivity index (χ0n) is 15.8. The number of halogens is 1. The fraction of sp³-hybridized carbons (Fsp3) is 0.263. The van der Waals surface area contributed by atoms with Gasteiger partial charge in [-0.2, -0.15) is 9.40 Å². The summed E-state index contributed by atoms with van der Waals surface area (Å²) in [6.45, 7) is 0.869. The molecule has 1 aromatic carbocycles. The van der Waals surface area contributed by atoms with Gasteiger partial charge in [-0.05, 0) is 36.4 Å². The van der Waals surface area contributed by atoms with E-state index in [9.17, 15) is 17.6 Å². The van der Waals surface area contributed by atoms with E-state index >= 15 is 0 Å². The first-order valence-corrected chi connectivity index (χ1v) is 10.5. The highest BCUT2D eigenvalue weighted by atomic mass is 32.2. The number of piperazine rings is 1. The Morgan fingerprint density at radius 2 is 1.66 bits per heavy atom. The predicted molar refractivity (Wildman–Crippen MR) is 104 cm³/mol. The lowest BCUT2D eigenvalue weighted by Gasteiger charge is -2.34. The van der Waals surface area contributed by atoms with Crippen molar-refractivity contribution in [1.29, 1.82) is 0 Å². The maximum absolute atomic E-state index is 13.1. The maximum atomic E-state index is 13.1. The normalized spacial score (nSPS) is 15.6. The van der Waals surface area contributed by atoms with E-state index in [4.69, 9.17) is 0 Å². The summed E-state index contributed by atoms with van der Waals surface area (Å²) in [5, 5.41) is 4.20. The molecule has 152 valence electrons. The van der Waals surface area contributed by atoms with Gasteiger partial charge in [-0.1, -0.05) is 0 Å². The van der Waals surface area contributed by atoms with Crippen LogP contribution in [0, 0.1) is 5.82 Å². The highest BCUT2D eigenvalue weighted by Gasteiger charge is 2.31. The summed E-state index contributed by atoms with van der Waals surface area (Å²) < 4.78 is 43.3. The summed E-state index contributed by atoms with van der Waals surface area (Å²) in [6, 6.07) is 8.47. The van der Waals surface area contributed by atoms with Crippen LogP contribution >= 0.6 is 0 Å². The lowest BCUT2D eigenvalue weighted by Crippen LogP contribution is -2.50. The molecule has 0 spiro atoms. The maximum Gasteiger partial charge on any atom is 0.259 e. The number of sulfonamides is 1. The van der Waals surface area contributed by atoms with Crippen molar-refractivity contribution in [1.82, 2.24) is 23.6 Å². The van der Waals surface area contributed by atoms with Crippen LogP contribution in [0.3, 0.4) is 0 Å². The minimum Gasteiger partial charge on any atom is -0.336 e. The zero-order valence-corrected chi connectivity index (χ0v) is 16.6. The van der Waals surface area contributed by atoms with Crippen molar-refractivity contribution in [3.8, 4) is 5.82 Å². The summed E-state index contributed by atoms with van der Waals surface area (Å²) in [5.41, 5.74) is 0.457. The zero-order chi connectivity index (χ0) is 20.6. The minimum atomic E-state index is -3.72. The van der Waals surface area contributed by atoms with Gasteiger partial charge >= 0.3 is 0 Å². The van der Waals surface area contributed by atoms with Crippen molar-refractivity contribution in [3.63, 3.8) is 0 Å². The Bertz CT molecular complexity index is 1120. The van der Waals surface area contributed by atoms with Gasteiger partial charge in [0.15, 0.2) is 0 Å². The Morgan fingerprint density at radius 1 is 1.03 bits per heavy atom. The summed E-state index contributed by atoms with van der Waals surface area (Å²) in [6.07, 6.45) is 5.20. The molecule has 3 heterocycles. The van der Waals surface area contributed by atoms with Crippen molar-refractivity contribution >= 4 is 15.9 Å². The third-order valence-electron chi connectivity index (χ3n) is 4.96. The van der Waals surface area contributed by atoms with Crippen LogP contribution in [0.5, 0.6) is 0 Å². The molecule has 1 aliphatic rings. The van der Waals surface area contributed by atoms with Gasteiger partial charge in [-0.25, -0.2) is 12.8 Å². The number of nitrogens with zero attached hydrogens (tertiary/aromatic N) is 5. The second-order valence-corrected chi connectivity index (χ2v) is 8.68. The average molecular weight is 417 g/mol. The van der Waals surface area contributed by atoms with E-state index in [0.717, 1.165) is 12.1 Å². The number of benzene rings is 1. The summed E-state index contributed by atoms with van der Waals surface area (Å²) in [5.74, 6) is -0.0312. The topological polar surface area (TPSA) is 80.4 Å². The number of aromatic nitrogens is 3. The fourth-order valence-corrected chi connectivity index (χ4v) is 4.84. The molecular formula is C19H20FN5O3S. The Labute approximate surface area is 167 Å². The van der Waals surface area contributed by atoms with E-state index < -0.39 is 15.8 Å². The van der Waals surface area contributed by atoms with Crippen molar-refractivity contribution < 1.29 is 17.6 Å². The van der Waals surface area contributed by atoms with Gasteiger partial charge in [0.1, 0.15) is 17.2 Å². The van der Waals surface area contributed by atoms with Crippen molar-refractivity contribution in [2.75, 3.05) is 26.2 Å². The van der Waals surface area contributed by atoms with E-state index in [1.54, 1.807) is 16.6 Å². The second kappa shape index (κ2) is 7.45. The third-order valence-corrected chi connectivity index (χ3v) is 6.88. The van der Waals surface area contributed by atoms with Gasteiger partial charge in [-0.3, -0.25) is 9.48 Å². The monoisotopic (exact) mass is 417 g/mol. The van der Waals surface area contributed by atoms with Crippen LogP contribution in [0.4, 0.5) is 4.39 Å². The van der Waals surface area contributed by atoms with Crippen LogP contribution in [0.1, 0.15) is 10.4 Å². The number of rotatable bonds is 4. The molecule has 4 rings (SSSR count). The highest BCUT2D eigenvalue weighted by Crippen LogP contribution is 2.21. The molecule has 8 nitrogen and oxygen atoms in total. The van der Waals surface area contributed by atoms with Gasteiger partial charge in [0, 0.05) is 45.6 Å². The first kappa shape index (κ1) is 19.3.